The molecule has 0 aliphatic carbocycles. The van der Waals surface area contributed by atoms with Crippen molar-refractivity contribution in [3.63, 3.8) is 0 Å². The van der Waals surface area contributed by atoms with Gasteiger partial charge in [-0.2, -0.15) is 5.10 Å². The van der Waals surface area contributed by atoms with Gasteiger partial charge >= 0.3 is 0 Å². The number of fused-ring (bicyclic) bond motifs is 2. The van der Waals surface area contributed by atoms with Gasteiger partial charge in [0.2, 0.25) is 5.91 Å². The van der Waals surface area contributed by atoms with E-state index in [1.165, 1.54) is 5.56 Å². The van der Waals surface area contributed by atoms with Crippen LogP contribution in [0.25, 0.3) is 16.8 Å². The van der Waals surface area contributed by atoms with Gasteiger partial charge < -0.3 is 10.6 Å². The molecule has 24 heavy (non-hydrogen) atoms. The minimum absolute atomic E-state index is 0.0709. The first-order chi connectivity index (χ1) is 11.4. The summed E-state index contributed by atoms with van der Waals surface area (Å²) in [7, 11) is 0. The van der Waals surface area contributed by atoms with Gasteiger partial charge in [0.1, 0.15) is 0 Å². The Morgan fingerprint density at radius 1 is 1.25 bits per heavy atom. The molecule has 122 valence electrons. The van der Waals surface area contributed by atoms with Crippen LogP contribution >= 0.6 is 0 Å². The molecule has 0 unspecified atom stereocenters. The minimum atomic E-state index is -0.203. The van der Waals surface area contributed by atoms with Crippen LogP contribution in [0.15, 0.2) is 36.8 Å². The highest BCUT2D eigenvalue weighted by Crippen LogP contribution is 2.40. The monoisotopic (exact) mass is 321 g/mol. The second kappa shape index (κ2) is 4.80. The Labute approximate surface area is 139 Å². The van der Waals surface area contributed by atoms with Crippen molar-refractivity contribution in [1.29, 1.82) is 0 Å². The van der Waals surface area contributed by atoms with Gasteiger partial charge in [0.15, 0.2) is 5.65 Å². The van der Waals surface area contributed by atoms with Gasteiger partial charge in [0.05, 0.1) is 11.9 Å². The number of anilines is 2. The molecule has 0 atom stereocenters. The smallest absolute Gasteiger partial charge is 0.224 e. The van der Waals surface area contributed by atoms with E-state index in [9.17, 15) is 4.79 Å². The number of nitrogen functional groups attached to an aromatic ring is 1. The van der Waals surface area contributed by atoms with Crippen LogP contribution in [-0.4, -0.2) is 26.0 Å². The number of nitrogens with zero attached hydrogens (tertiary/aromatic N) is 4. The summed E-state index contributed by atoms with van der Waals surface area (Å²) in [6, 6.07) is 6.17. The van der Waals surface area contributed by atoms with Gasteiger partial charge in [0, 0.05) is 36.1 Å². The number of nitrogens with two attached hydrogens (primary N) is 1. The summed E-state index contributed by atoms with van der Waals surface area (Å²) in [5, 5.41) is 4.21. The summed E-state index contributed by atoms with van der Waals surface area (Å²) in [5.74, 6) is 0.0709. The third-order valence-electron chi connectivity index (χ3n) is 4.58. The van der Waals surface area contributed by atoms with Gasteiger partial charge in [-0.15, -0.1) is 0 Å². The molecule has 6 heteroatoms. The average molecular weight is 321 g/mol. The Kier molecular flexibility index (Phi) is 2.94. The molecular formula is C18H19N5O. The van der Waals surface area contributed by atoms with E-state index >= 15 is 0 Å². The number of carbonyl (C=O) groups excluding carboxylic acids is 1. The van der Waals surface area contributed by atoms with Gasteiger partial charge in [-0.3, -0.25) is 4.79 Å². The SMILES string of the molecule is CC(=O)N1c2ccc(-c3cnc4c(N)cnn4c3)cc2CC1(C)C. The molecule has 0 bridgehead atoms. The van der Waals surface area contributed by atoms with Gasteiger partial charge in [-0.25, -0.2) is 9.50 Å². The molecule has 1 aliphatic heterocycles. The van der Waals surface area contributed by atoms with E-state index in [-0.39, 0.29) is 11.4 Å². The Balaban J connectivity index is 1.80. The fourth-order valence-electron chi connectivity index (χ4n) is 3.63. The number of rotatable bonds is 1. The number of benzene rings is 1. The molecule has 0 saturated carbocycles. The predicted octanol–water partition coefficient (Wildman–Crippen LogP) is 2.67. The summed E-state index contributed by atoms with van der Waals surface area (Å²) >= 11 is 0. The van der Waals surface area contributed by atoms with Crippen LogP contribution in [0, 0.1) is 0 Å². The zero-order chi connectivity index (χ0) is 17.1. The third-order valence-corrected chi connectivity index (χ3v) is 4.58. The van der Waals surface area contributed by atoms with Crippen molar-refractivity contribution in [2.45, 2.75) is 32.7 Å². The van der Waals surface area contributed by atoms with Crippen molar-refractivity contribution in [2.24, 2.45) is 0 Å². The van der Waals surface area contributed by atoms with Crippen LogP contribution in [-0.2, 0) is 11.2 Å². The number of carbonyl (C=O) groups is 1. The lowest BCUT2D eigenvalue weighted by molar-refractivity contribution is -0.117. The molecule has 0 radical (unpaired) electrons. The molecular weight excluding hydrogens is 302 g/mol. The lowest BCUT2D eigenvalue weighted by Gasteiger charge is -2.31. The van der Waals surface area contributed by atoms with E-state index in [1.54, 1.807) is 23.8 Å². The number of hydrogen-bond acceptors (Lipinski definition) is 4. The Hall–Kier alpha value is -2.89. The van der Waals surface area contributed by atoms with Crippen LogP contribution < -0.4 is 10.6 Å². The Morgan fingerprint density at radius 2 is 2.04 bits per heavy atom. The molecule has 0 saturated heterocycles. The highest BCUT2D eigenvalue weighted by molar-refractivity contribution is 5.96. The van der Waals surface area contributed by atoms with E-state index in [1.807, 2.05) is 23.2 Å². The second-order valence-corrected chi connectivity index (χ2v) is 6.90. The van der Waals surface area contributed by atoms with E-state index in [0.29, 0.717) is 11.3 Å². The van der Waals surface area contributed by atoms with Crippen LogP contribution in [0.5, 0.6) is 0 Å². The lowest BCUT2D eigenvalue weighted by atomic mass is 9.97. The summed E-state index contributed by atoms with van der Waals surface area (Å²) < 4.78 is 1.68. The fourth-order valence-corrected chi connectivity index (χ4v) is 3.63. The molecule has 2 aromatic heterocycles. The highest BCUT2D eigenvalue weighted by Gasteiger charge is 2.38. The van der Waals surface area contributed by atoms with Gasteiger partial charge in [-0.1, -0.05) is 6.07 Å². The molecule has 1 aromatic carbocycles. The zero-order valence-corrected chi connectivity index (χ0v) is 13.9. The lowest BCUT2D eigenvalue weighted by Crippen LogP contribution is -2.44. The second-order valence-electron chi connectivity index (χ2n) is 6.90. The molecule has 1 amide bonds. The van der Waals surface area contributed by atoms with Crippen molar-refractivity contribution >= 4 is 22.9 Å². The van der Waals surface area contributed by atoms with E-state index in [4.69, 9.17) is 5.73 Å². The standard InChI is InChI=1S/C18H19N5O/c1-11(24)23-16-5-4-12(6-13(16)7-18(23,2)3)14-8-20-17-15(19)9-21-22(17)10-14/h4-6,8-10H,7,19H2,1-3H3. The fraction of sp³-hybridized carbons (Fsp3) is 0.278. The largest absolute Gasteiger partial charge is 0.394 e. The van der Waals surface area contributed by atoms with Crippen LogP contribution in [0.2, 0.25) is 0 Å². The van der Waals surface area contributed by atoms with E-state index in [0.717, 1.165) is 23.2 Å². The summed E-state index contributed by atoms with van der Waals surface area (Å²) in [6.45, 7) is 5.80. The predicted molar refractivity (Wildman–Crippen MR) is 93.8 cm³/mol. The van der Waals surface area contributed by atoms with Crippen molar-refractivity contribution in [2.75, 3.05) is 10.6 Å². The Bertz CT molecular complexity index is 973. The quantitative estimate of drug-likeness (QED) is 0.747. The Morgan fingerprint density at radius 3 is 2.79 bits per heavy atom. The van der Waals surface area contributed by atoms with Gasteiger partial charge in [-0.05, 0) is 43.5 Å². The first-order valence-corrected chi connectivity index (χ1v) is 7.90. The van der Waals surface area contributed by atoms with E-state index in [2.05, 4.69) is 30.0 Å². The first-order valence-electron chi connectivity index (χ1n) is 7.90. The highest BCUT2D eigenvalue weighted by atomic mass is 16.2. The van der Waals surface area contributed by atoms with Crippen molar-refractivity contribution in [3.05, 3.63) is 42.4 Å². The van der Waals surface area contributed by atoms with Crippen LogP contribution in [0.1, 0.15) is 26.3 Å². The number of aromatic nitrogens is 3. The van der Waals surface area contributed by atoms with Crippen molar-refractivity contribution < 1.29 is 4.79 Å². The van der Waals surface area contributed by atoms with Crippen molar-refractivity contribution in [1.82, 2.24) is 14.6 Å². The molecule has 3 aromatic rings. The molecule has 6 nitrogen and oxygen atoms in total. The maximum Gasteiger partial charge on any atom is 0.224 e. The maximum absolute atomic E-state index is 12.0. The molecule has 0 fully saturated rings. The molecule has 1 aliphatic rings. The normalized spacial score (nSPS) is 15.7. The summed E-state index contributed by atoms with van der Waals surface area (Å²) in [5.41, 5.74) is 11.0. The average Bonchev–Trinajstić information content (AvgIpc) is 3.01. The van der Waals surface area contributed by atoms with Gasteiger partial charge in [0.25, 0.3) is 0 Å². The first kappa shape index (κ1) is 14.7. The van der Waals surface area contributed by atoms with E-state index < -0.39 is 0 Å². The van der Waals surface area contributed by atoms with Crippen molar-refractivity contribution in [3.8, 4) is 11.1 Å². The minimum Gasteiger partial charge on any atom is -0.394 e. The molecule has 4 rings (SSSR count). The van der Waals surface area contributed by atoms with Crippen LogP contribution in [0.4, 0.5) is 11.4 Å². The molecule has 2 N–H and O–H groups in total. The topological polar surface area (TPSA) is 76.5 Å². The maximum atomic E-state index is 12.0. The number of amides is 1. The number of hydrogen-bond donors (Lipinski definition) is 1. The molecule has 0 spiro atoms. The molecule has 3 heterocycles. The summed E-state index contributed by atoms with van der Waals surface area (Å²) in [4.78, 5) is 18.3. The van der Waals surface area contributed by atoms with Crippen LogP contribution in [0.3, 0.4) is 0 Å². The third kappa shape index (κ3) is 2.06. The zero-order valence-electron chi connectivity index (χ0n) is 13.9. The summed E-state index contributed by atoms with van der Waals surface area (Å²) in [6.07, 6.45) is 6.16.